The average molecular weight is 331 g/mol. The van der Waals surface area contributed by atoms with E-state index in [4.69, 9.17) is 0 Å². The largest absolute Gasteiger partial charge is 0.353 e. The van der Waals surface area contributed by atoms with E-state index >= 15 is 0 Å². The van der Waals surface area contributed by atoms with Crippen molar-refractivity contribution in [3.05, 3.63) is 29.8 Å². The highest BCUT2D eigenvalue weighted by Gasteiger charge is 2.18. The number of benzene rings is 1. The van der Waals surface area contributed by atoms with Crippen LogP contribution in [0, 0.1) is 0 Å². The molecule has 2 aromatic rings. The molecule has 1 fully saturated rings. The normalized spacial score (nSPS) is 15.0. The summed E-state index contributed by atoms with van der Waals surface area (Å²) in [4.78, 5) is 12.0. The molecule has 7 heteroatoms. The summed E-state index contributed by atoms with van der Waals surface area (Å²) in [5.41, 5.74) is 2.18. The number of aryl methyl sites for hydroxylation is 1. The van der Waals surface area contributed by atoms with Crippen LogP contribution in [-0.4, -0.2) is 37.9 Å². The van der Waals surface area contributed by atoms with Gasteiger partial charge in [-0.15, -0.1) is 5.10 Å². The van der Waals surface area contributed by atoms with Gasteiger partial charge in [0.2, 0.25) is 11.1 Å². The van der Waals surface area contributed by atoms with E-state index in [0.29, 0.717) is 17.0 Å². The predicted molar refractivity (Wildman–Crippen MR) is 89.7 cm³/mol. The van der Waals surface area contributed by atoms with Crippen molar-refractivity contribution in [1.82, 2.24) is 25.5 Å². The zero-order chi connectivity index (χ0) is 16.1. The maximum absolute atomic E-state index is 12.0. The molecule has 1 N–H and O–H groups in total. The second-order valence-corrected chi connectivity index (χ2v) is 6.67. The lowest BCUT2D eigenvalue weighted by Gasteiger charge is -2.11. The van der Waals surface area contributed by atoms with Gasteiger partial charge in [-0.05, 0) is 47.4 Å². The number of hydrogen-bond donors (Lipinski definition) is 1. The van der Waals surface area contributed by atoms with Crippen molar-refractivity contribution in [2.24, 2.45) is 0 Å². The Morgan fingerprint density at radius 3 is 2.74 bits per heavy atom. The first-order chi connectivity index (χ1) is 11.3. The van der Waals surface area contributed by atoms with E-state index in [1.54, 1.807) is 4.68 Å². The number of aromatic nitrogens is 4. The van der Waals surface area contributed by atoms with Gasteiger partial charge < -0.3 is 5.32 Å². The molecule has 1 aliphatic carbocycles. The van der Waals surface area contributed by atoms with Crippen LogP contribution in [0.3, 0.4) is 0 Å². The van der Waals surface area contributed by atoms with E-state index in [0.717, 1.165) is 24.9 Å². The Bertz CT molecular complexity index is 649. The van der Waals surface area contributed by atoms with Crippen LogP contribution in [0.15, 0.2) is 29.4 Å². The van der Waals surface area contributed by atoms with Gasteiger partial charge in [0.05, 0.1) is 11.4 Å². The van der Waals surface area contributed by atoms with Crippen LogP contribution in [-0.2, 0) is 11.2 Å². The number of nitrogens with one attached hydrogen (secondary N) is 1. The molecule has 0 spiro atoms. The summed E-state index contributed by atoms with van der Waals surface area (Å²) in [5, 5.41) is 15.5. The Balaban J connectivity index is 1.60. The first-order valence-corrected chi connectivity index (χ1v) is 9.04. The van der Waals surface area contributed by atoms with E-state index in [-0.39, 0.29) is 5.91 Å². The highest BCUT2D eigenvalue weighted by molar-refractivity contribution is 7.99. The molecule has 0 bridgehead atoms. The van der Waals surface area contributed by atoms with Gasteiger partial charge in [0.15, 0.2) is 0 Å². The van der Waals surface area contributed by atoms with Crippen LogP contribution in [0.4, 0.5) is 0 Å². The number of carbonyl (C=O) groups is 1. The molecular formula is C16H21N5OS. The summed E-state index contributed by atoms with van der Waals surface area (Å²) < 4.78 is 1.67. The first kappa shape index (κ1) is 16.0. The molecule has 0 radical (unpaired) electrons. The van der Waals surface area contributed by atoms with Gasteiger partial charge in [-0.2, -0.15) is 4.68 Å². The molecule has 0 aliphatic heterocycles. The summed E-state index contributed by atoms with van der Waals surface area (Å²) in [6, 6.07) is 8.48. The Labute approximate surface area is 140 Å². The molecular weight excluding hydrogens is 310 g/mol. The Kier molecular flexibility index (Phi) is 5.27. The minimum absolute atomic E-state index is 0.0535. The molecule has 1 aliphatic rings. The van der Waals surface area contributed by atoms with Crippen molar-refractivity contribution in [3.8, 4) is 5.69 Å². The molecule has 1 heterocycles. The van der Waals surface area contributed by atoms with Crippen molar-refractivity contribution in [2.75, 3.05) is 5.75 Å². The fourth-order valence-electron chi connectivity index (χ4n) is 2.77. The van der Waals surface area contributed by atoms with Crippen LogP contribution in [0.25, 0.3) is 5.69 Å². The summed E-state index contributed by atoms with van der Waals surface area (Å²) in [6.45, 7) is 2.12. The Morgan fingerprint density at radius 2 is 2.04 bits per heavy atom. The molecule has 0 atom stereocenters. The van der Waals surface area contributed by atoms with Crippen LogP contribution >= 0.6 is 11.8 Å². The second kappa shape index (κ2) is 7.59. The molecule has 0 saturated heterocycles. The third-order valence-electron chi connectivity index (χ3n) is 4.08. The Morgan fingerprint density at radius 1 is 1.30 bits per heavy atom. The van der Waals surface area contributed by atoms with Gasteiger partial charge >= 0.3 is 0 Å². The predicted octanol–water partition coefficient (Wildman–Crippen LogP) is 2.38. The van der Waals surface area contributed by atoms with E-state index in [2.05, 4.69) is 39.9 Å². The third kappa shape index (κ3) is 4.10. The van der Waals surface area contributed by atoms with Crippen molar-refractivity contribution in [1.29, 1.82) is 0 Å². The number of hydrogen-bond acceptors (Lipinski definition) is 5. The van der Waals surface area contributed by atoms with Crippen molar-refractivity contribution < 1.29 is 4.79 Å². The van der Waals surface area contributed by atoms with E-state index in [9.17, 15) is 4.79 Å². The number of amides is 1. The van der Waals surface area contributed by atoms with Crippen molar-refractivity contribution in [2.45, 2.75) is 50.2 Å². The quantitative estimate of drug-likeness (QED) is 0.823. The number of carbonyl (C=O) groups excluding carboxylic acids is 1. The van der Waals surface area contributed by atoms with E-state index < -0.39 is 0 Å². The summed E-state index contributed by atoms with van der Waals surface area (Å²) in [7, 11) is 0. The molecule has 1 saturated carbocycles. The van der Waals surface area contributed by atoms with Gasteiger partial charge in [-0.1, -0.05) is 43.7 Å². The summed E-state index contributed by atoms with van der Waals surface area (Å²) in [5.74, 6) is 0.391. The first-order valence-electron chi connectivity index (χ1n) is 8.06. The van der Waals surface area contributed by atoms with Gasteiger partial charge in [-0.3, -0.25) is 4.79 Å². The number of nitrogens with zero attached hydrogens (tertiary/aromatic N) is 4. The fraction of sp³-hybridized carbons (Fsp3) is 0.500. The third-order valence-corrected chi connectivity index (χ3v) is 5.00. The van der Waals surface area contributed by atoms with Crippen LogP contribution in [0.1, 0.15) is 38.2 Å². The van der Waals surface area contributed by atoms with Gasteiger partial charge in [0, 0.05) is 6.04 Å². The minimum atomic E-state index is 0.0535. The molecule has 3 rings (SSSR count). The highest BCUT2D eigenvalue weighted by atomic mass is 32.2. The minimum Gasteiger partial charge on any atom is -0.353 e. The second-order valence-electron chi connectivity index (χ2n) is 5.73. The van der Waals surface area contributed by atoms with Crippen LogP contribution < -0.4 is 5.32 Å². The molecule has 1 amide bonds. The number of rotatable bonds is 6. The average Bonchev–Trinajstić information content (AvgIpc) is 3.24. The maximum Gasteiger partial charge on any atom is 0.230 e. The molecule has 0 unspecified atom stereocenters. The van der Waals surface area contributed by atoms with Crippen LogP contribution in [0.5, 0.6) is 0 Å². The molecule has 23 heavy (non-hydrogen) atoms. The zero-order valence-corrected chi connectivity index (χ0v) is 14.1. The van der Waals surface area contributed by atoms with Gasteiger partial charge in [0.25, 0.3) is 0 Å². The molecule has 6 nitrogen and oxygen atoms in total. The summed E-state index contributed by atoms with van der Waals surface area (Å²) in [6.07, 6.45) is 5.61. The van der Waals surface area contributed by atoms with Crippen molar-refractivity contribution in [3.63, 3.8) is 0 Å². The molecule has 1 aromatic heterocycles. The Hall–Kier alpha value is -1.89. The topological polar surface area (TPSA) is 72.7 Å². The van der Waals surface area contributed by atoms with Gasteiger partial charge in [-0.25, -0.2) is 0 Å². The lowest BCUT2D eigenvalue weighted by molar-refractivity contribution is -0.119. The van der Waals surface area contributed by atoms with E-state index in [1.165, 1.54) is 30.2 Å². The zero-order valence-electron chi connectivity index (χ0n) is 13.2. The molecule has 122 valence electrons. The standard InChI is InChI=1S/C16H21N5OS/c1-2-12-7-9-14(10-8-12)21-16(18-19-20-21)23-11-15(22)17-13-5-3-4-6-13/h7-10,13H,2-6,11H2,1H3,(H,17,22). The lowest BCUT2D eigenvalue weighted by Crippen LogP contribution is -2.33. The van der Waals surface area contributed by atoms with E-state index in [1.807, 2.05) is 12.1 Å². The highest BCUT2D eigenvalue weighted by Crippen LogP contribution is 2.20. The van der Waals surface area contributed by atoms with Crippen LogP contribution in [0.2, 0.25) is 0 Å². The maximum atomic E-state index is 12.0. The number of tetrazole rings is 1. The fourth-order valence-corrected chi connectivity index (χ4v) is 3.48. The van der Waals surface area contributed by atoms with Gasteiger partial charge in [0.1, 0.15) is 0 Å². The smallest absolute Gasteiger partial charge is 0.230 e. The lowest BCUT2D eigenvalue weighted by atomic mass is 10.1. The number of thioether (sulfide) groups is 1. The van der Waals surface area contributed by atoms with Crippen molar-refractivity contribution >= 4 is 17.7 Å². The SMILES string of the molecule is CCc1ccc(-n2nnnc2SCC(=O)NC2CCCC2)cc1. The summed E-state index contributed by atoms with van der Waals surface area (Å²) >= 11 is 1.36. The monoisotopic (exact) mass is 331 g/mol. The molecule has 1 aromatic carbocycles.